The van der Waals surface area contributed by atoms with Gasteiger partial charge in [-0.05, 0) is 50.1 Å². The van der Waals surface area contributed by atoms with E-state index in [1.807, 2.05) is 26.0 Å². The van der Waals surface area contributed by atoms with Crippen LogP contribution in [0.2, 0.25) is 0 Å². The molecule has 0 spiro atoms. The first-order valence-electron chi connectivity index (χ1n) is 10.1. The summed E-state index contributed by atoms with van der Waals surface area (Å²) >= 11 is 1.14. The molecular weight excluding hydrogens is 446 g/mol. The maximum atomic E-state index is 12.6. The standard InChI is InChI=1S/C22H23N5O5S/c1-4-32-20(30)10-16-12-33-22(24-16)25-18(28)11-27-19(29)8-7-17(26-27)21(31)23-15-6-5-13(2)14(3)9-15/h5-9,12H,4,10-11H2,1-3H3,(H,23,31)(H,24,25,28). The quantitative estimate of drug-likeness (QED) is 0.484. The molecule has 2 N–H and O–H groups in total. The molecule has 1 aromatic carbocycles. The van der Waals surface area contributed by atoms with Crippen LogP contribution >= 0.6 is 11.3 Å². The molecule has 11 heteroatoms. The molecule has 0 aliphatic heterocycles. The highest BCUT2D eigenvalue weighted by Crippen LogP contribution is 2.16. The lowest BCUT2D eigenvalue weighted by Crippen LogP contribution is -2.31. The van der Waals surface area contributed by atoms with Crippen LogP contribution in [0.3, 0.4) is 0 Å². The summed E-state index contributed by atoms with van der Waals surface area (Å²) in [6.45, 7) is 5.48. The molecule has 10 nitrogen and oxygen atoms in total. The highest BCUT2D eigenvalue weighted by Gasteiger charge is 2.14. The molecule has 0 unspecified atom stereocenters. The van der Waals surface area contributed by atoms with Crippen LogP contribution < -0.4 is 16.2 Å². The predicted molar refractivity (Wildman–Crippen MR) is 123 cm³/mol. The number of nitrogens with zero attached hydrogens (tertiary/aromatic N) is 3. The fraction of sp³-hybridized carbons (Fsp3) is 0.273. The smallest absolute Gasteiger partial charge is 0.311 e. The molecular formula is C22H23N5O5S. The summed E-state index contributed by atoms with van der Waals surface area (Å²) in [6.07, 6.45) is -0.00110. The molecule has 0 aliphatic carbocycles. The SMILES string of the molecule is CCOC(=O)Cc1csc(NC(=O)Cn2nc(C(=O)Nc3ccc(C)c(C)c3)ccc2=O)n1. The number of aromatic nitrogens is 3. The summed E-state index contributed by atoms with van der Waals surface area (Å²) < 4.78 is 5.77. The van der Waals surface area contributed by atoms with Gasteiger partial charge in [0.15, 0.2) is 5.13 Å². The van der Waals surface area contributed by atoms with E-state index >= 15 is 0 Å². The van der Waals surface area contributed by atoms with Crippen molar-refractivity contribution in [2.24, 2.45) is 0 Å². The Morgan fingerprint density at radius 1 is 1.09 bits per heavy atom. The molecule has 0 saturated heterocycles. The molecule has 0 atom stereocenters. The van der Waals surface area contributed by atoms with E-state index in [1.54, 1.807) is 18.4 Å². The number of hydrogen-bond donors (Lipinski definition) is 2. The van der Waals surface area contributed by atoms with Gasteiger partial charge in [-0.1, -0.05) is 6.07 Å². The lowest BCUT2D eigenvalue weighted by atomic mass is 10.1. The Bertz CT molecular complexity index is 1250. The lowest BCUT2D eigenvalue weighted by Gasteiger charge is -2.09. The minimum absolute atomic E-state index is 0.00110. The summed E-state index contributed by atoms with van der Waals surface area (Å²) in [4.78, 5) is 52.7. The van der Waals surface area contributed by atoms with E-state index in [0.29, 0.717) is 11.4 Å². The van der Waals surface area contributed by atoms with Crippen molar-refractivity contribution < 1.29 is 19.1 Å². The number of thiazole rings is 1. The number of esters is 1. The van der Waals surface area contributed by atoms with Gasteiger partial charge in [-0.25, -0.2) is 9.67 Å². The van der Waals surface area contributed by atoms with Gasteiger partial charge in [0, 0.05) is 17.1 Å². The van der Waals surface area contributed by atoms with Crippen molar-refractivity contribution in [1.82, 2.24) is 14.8 Å². The van der Waals surface area contributed by atoms with Crippen LogP contribution in [0.15, 0.2) is 40.5 Å². The van der Waals surface area contributed by atoms with Gasteiger partial charge in [0.05, 0.1) is 18.7 Å². The molecule has 3 rings (SSSR count). The molecule has 2 aromatic heterocycles. The van der Waals surface area contributed by atoms with Crippen molar-refractivity contribution in [2.75, 3.05) is 17.2 Å². The Morgan fingerprint density at radius 2 is 1.88 bits per heavy atom. The van der Waals surface area contributed by atoms with Gasteiger partial charge in [0.2, 0.25) is 5.91 Å². The number of carbonyl (C=O) groups excluding carboxylic acids is 3. The van der Waals surface area contributed by atoms with E-state index in [-0.39, 0.29) is 23.9 Å². The van der Waals surface area contributed by atoms with Crippen molar-refractivity contribution in [1.29, 1.82) is 0 Å². The van der Waals surface area contributed by atoms with Gasteiger partial charge >= 0.3 is 5.97 Å². The van der Waals surface area contributed by atoms with Gasteiger partial charge in [-0.15, -0.1) is 11.3 Å². The number of anilines is 2. The normalized spacial score (nSPS) is 10.5. The zero-order valence-electron chi connectivity index (χ0n) is 18.4. The zero-order valence-corrected chi connectivity index (χ0v) is 19.2. The third kappa shape index (κ3) is 6.56. The first-order valence-corrected chi connectivity index (χ1v) is 11.0. The Labute approximate surface area is 193 Å². The number of hydrogen-bond acceptors (Lipinski definition) is 8. The van der Waals surface area contributed by atoms with E-state index in [2.05, 4.69) is 20.7 Å². The summed E-state index contributed by atoms with van der Waals surface area (Å²) in [5.41, 5.74) is 2.65. The molecule has 0 saturated carbocycles. The second kappa shape index (κ2) is 10.6. The Hall–Kier alpha value is -3.86. The van der Waals surface area contributed by atoms with Crippen molar-refractivity contribution in [3.63, 3.8) is 0 Å². The number of carbonyl (C=O) groups is 3. The molecule has 0 bridgehead atoms. The first-order chi connectivity index (χ1) is 15.7. The van der Waals surface area contributed by atoms with Gasteiger partial charge in [-0.3, -0.25) is 19.2 Å². The number of benzene rings is 1. The average molecular weight is 470 g/mol. The number of nitrogens with one attached hydrogen (secondary N) is 2. The van der Waals surface area contributed by atoms with Gasteiger partial charge in [0.1, 0.15) is 12.2 Å². The van der Waals surface area contributed by atoms with E-state index in [1.165, 1.54) is 12.1 Å². The maximum absolute atomic E-state index is 12.6. The van der Waals surface area contributed by atoms with Crippen molar-refractivity contribution in [3.05, 3.63) is 68.6 Å². The number of rotatable bonds is 8. The highest BCUT2D eigenvalue weighted by atomic mass is 32.1. The summed E-state index contributed by atoms with van der Waals surface area (Å²) in [5, 5.41) is 11.2. The van der Waals surface area contributed by atoms with Crippen LogP contribution in [0.25, 0.3) is 0 Å². The third-order valence-corrected chi connectivity index (χ3v) is 5.39. The predicted octanol–water partition coefficient (Wildman–Crippen LogP) is 2.31. The van der Waals surface area contributed by atoms with E-state index in [4.69, 9.17) is 4.74 Å². The van der Waals surface area contributed by atoms with E-state index in [0.717, 1.165) is 27.1 Å². The monoisotopic (exact) mass is 469 g/mol. The Balaban J connectivity index is 1.64. The van der Waals surface area contributed by atoms with Crippen LogP contribution in [0, 0.1) is 13.8 Å². The van der Waals surface area contributed by atoms with Crippen LogP contribution in [-0.4, -0.2) is 39.2 Å². The molecule has 3 aromatic rings. The van der Waals surface area contributed by atoms with Crippen LogP contribution in [0.1, 0.15) is 34.2 Å². The van der Waals surface area contributed by atoms with Crippen LogP contribution in [0.5, 0.6) is 0 Å². The van der Waals surface area contributed by atoms with Crippen molar-refractivity contribution in [2.45, 2.75) is 33.7 Å². The molecule has 0 fully saturated rings. The van der Waals surface area contributed by atoms with Gasteiger partial charge in [-0.2, -0.15) is 5.10 Å². The molecule has 33 heavy (non-hydrogen) atoms. The molecule has 2 heterocycles. The van der Waals surface area contributed by atoms with E-state index < -0.39 is 29.9 Å². The summed E-state index contributed by atoms with van der Waals surface area (Å²) in [7, 11) is 0. The van der Waals surface area contributed by atoms with Crippen LogP contribution in [0.4, 0.5) is 10.8 Å². The fourth-order valence-electron chi connectivity index (χ4n) is 2.80. The zero-order chi connectivity index (χ0) is 24.0. The number of amides is 2. The van der Waals surface area contributed by atoms with Gasteiger partial charge in [0.25, 0.3) is 11.5 Å². The average Bonchev–Trinajstić information content (AvgIpc) is 3.18. The second-order valence-corrected chi connectivity index (χ2v) is 8.00. The molecule has 172 valence electrons. The van der Waals surface area contributed by atoms with Gasteiger partial charge < -0.3 is 15.4 Å². The molecule has 2 amide bonds. The van der Waals surface area contributed by atoms with E-state index in [9.17, 15) is 19.2 Å². The maximum Gasteiger partial charge on any atom is 0.311 e. The molecule has 0 radical (unpaired) electrons. The minimum atomic E-state index is -0.548. The number of aryl methyl sites for hydroxylation is 2. The van der Waals surface area contributed by atoms with Crippen molar-refractivity contribution >= 4 is 39.9 Å². The largest absolute Gasteiger partial charge is 0.466 e. The minimum Gasteiger partial charge on any atom is -0.466 e. The number of ether oxygens (including phenoxy) is 1. The fourth-order valence-corrected chi connectivity index (χ4v) is 3.52. The Morgan fingerprint density at radius 3 is 2.61 bits per heavy atom. The first kappa shape index (κ1) is 23.8. The third-order valence-electron chi connectivity index (χ3n) is 4.59. The second-order valence-electron chi connectivity index (χ2n) is 7.14. The van der Waals surface area contributed by atoms with Crippen LogP contribution in [-0.2, 0) is 27.3 Å². The topological polar surface area (TPSA) is 132 Å². The summed E-state index contributed by atoms with van der Waals surface area (Å²) in [5.74, 6) is -1.46. The molecule has 0 aliphatic rings. The summed E-state index contributed by atoms with van der Waals surface area (Å²) in [6, 6.07) is 7.97. The Kier molecular flexibility index (Phi) is 7.67. The lowest BCUT2D eigenvalue weighted by molar-refractivity contribution is -0.142. The van der Waals surface area contributed by atoms with Crippen molar-refractivity contribution in [3.8, 4) is 0 Å². The highest BCUT2D eigenvalue weighted by molar-refractivity contribution is 7.13.